The van der Waals surface area contributed by atoms with Gasteiger partial charge in [-0.2, -0.15) is 0 Å². The van der Waals surface area contributed by atoms with Crippen LogP contribution >= 0.6 is 11.6 Å². The number of aryl methyl sites for hydroxylation is 1. The Morgan fingerprint density at radius 1 is 1.00 bits per heavy atom. The Kier molecular flexibility index (Phi) is 10.2. The lowest BCUT2D eigenvalue weighted by molar-refractivity contribution is -0.141. The average molecular weight is 369 g/mol. The van der Waals surface area contributed by atoms with Crippen molar-refractivity contribution >= 4 is 23.5 Å². The van der Waals surface area contributed by atoms with Crippen molar-refractivity contribution in [2.24, 2.45) is 0 Å². The standard InChI is InChI=1S/C19H29ClN2O3/c1-21(2)13-5-14-22(15-12-19(24)25-3)18(23)7-4-6-16-8-10-17(20)11-9-16/h8-11H,4-7,12-15H2,1-3H3. The van der Waals surface area contributed by atoms with E-state index in [1.807, 2.05) is 38.4 Å². The van der Waals surface area contributed by atoms with Gasteiger partial charge in [0.25, 0.3) is 0 Å². The van der Waals surface area contributed by atoms with Crippen LogP contribution in [0.15, 0.2) is 24.3 Å². The van der Waals surface area contributed by atoms with Crippen LogP contribution in [0.5, 0.6) is 0 Å². The van der Waals surface area contributed by atoms with Gasteiger partial charge < -0.3 is 14.5 Å². The maximum absolute atomic E-state index is 12.5. The number of ether oxygens (including phenoxy) is 1. The number of carbonyl (C=O) groups is 2. The van der Waals surface area contributed by atoms with Crippen LogP contribution < -0.4 is 0 Å². The van der Waals surface area contributed by atoms with E-state index in [0.717, 1.165) is 30.8 Å². The van der Waals surface area contributed by atoms with Gasteiger partial charge in [0.15, 0.2) is 0 Å². The van der Waals surface area contributed by atoms with Crippen molar-refractivity contribution in [3.63, 3.8) is 0 Å². The van der Waals surface area contributed by atoms with Crippen LogP contribution in [0.4, 0.5) is 0 Å². The Balaban J connectivity index is 2.45. The lowest BCUT2D eigenvalue weighted by atomic mass is 10.1. The van der Waals surface area contributed by atoms with Crippen molar-refractivity contribution in [3.05, 3.63) is 34.9 Å². The molecule has 0 aliphatic heterocycles. The van der Waals surface area contributed by atoms with E-state index >= 15 is 0 Å². The molecule has 1 rings (SSSR count). The minimum Gasteiger partial charge on any atom is -0.469 e. The van der Waals surface area contributed by atoms with Crippen molar-refractivity contribution in [3.8, 4) is 0 Å². The van der Waals surface area contributed by atoms with Crippen LogP contribution in [0.2, 0.25) is 5.02 Å². The predicted molar refractivity (Wildman–Crippen MR) is 101 cm³/mol. The van der Waals surface area contributed by atoms with Gasteiger partial charge in [0.2, 0.25) is 5.91 Å². The highest BCUT2D eigenvalue weighted by Gasteiger charge is 2.15. The zero-order valence-electron chi connectivity index (χ0n) is 15.5. The third kappa shape index (κ3) is 9.46. The number of hydrogen-bond acceptors (Lipinski definition) is 4. The van der Waals surface area contributed by atoms with Gasteiger partial charge in [-0.3, -0.25) is 9.59 Å². The Morgan fingerprint density at radius 3 is 2.28 bits per heavy atom. The molecule has 0 unspecified atom stereocenters. The van der Waals surface area contributed by atoms with Gasteiger partial charge in [-0.25, -0.2) is 0 Å². The fourth-order valence-corrected chi connectivity index (χ4v) is 2.65. The molecule has 0 aromatic heterocycles. The summed E-state index contributed by atoms with van der Waals surface area (Å²) in [6, 6.07) is 7.70. The zero-order valence-corrected chi connectivity index (χ0v) is 16.2. The minimum atomic E-state index is -0.286. The molecule has 1 aromatic rings. The first kappa shape index (κ1) is 21.5. The highest BCUT2D eigenvalue weighted by Crippen LogP contribution is 2.12. The Labute approximate surface area is 155 Å². The van der Waals surface area contributed by atoms with E-state index in [4.69, 9.17) is 11.6 Å². The smallest absolute Gasteiger partial charge is 0.307 e. The maximum atomic E-state index is 12.5. The summed E-state index contributed by atoms with van der Waals surface area (Å²) < 4.78 is 4.68. The highest BCUT2D eigenvalue weighted by atomic mass is 35.5. The summed E-state index contributed by atoms with van der Waals surface area (Å²) in [5.41, 5.74) is 1.17. The first-order valence-corrected chi connectivity index (χ1v) is 9.04. The van der Waals surface area contributed by atoms with Gasteiger partial charge >= 0.3 is 5.97 Å². The van der Waals surface area contributed by atoms with E-state index in [9.17, 15) is 9.59 Å². The number of hydrogen-bond donors (Lipinski definition) is 0. The molecule has 0 fully saturated rings. The molecule has 0 bridgehead atoms. The molecular weight excluding hydrogens is 340 g/mol. The molecule has 140 valence electrons. The van der Waals surface area contributed by atoms with Gasteiger partial charge in [0, 0.05) is 24.5 Å². The second kappa shape index (κ2) is 11.9. The van der Waals surface area contributed by atoms with Gasteiger partial charge in [-0.05, 0) is 57.6 Å². The van der Waals surface area contributed by atoms with Gasteiger partial charge in [0.1, 0.15) is 0 Å². The number of methoxy groups -OCH3 is 1. The van der Waals surface area contributed by atoms with E-state index < -0.39 is 0 Å². The van der Waals surface area contributed by atoms with Gasteiger partial charge in [-0.15, -0.1) is 0 Å². The van der Waals surface area contributed by atoms with Crippen molar-refractivity contribution in [2.75, 3.05) is 40.8 Å². The number of amides is 1. The Hall–Kier alpha value is -1.59. The molecule has 0 N–H and O–H groups in total. The normalized spacial score (nSPS) is 10.8. The van der Waals surface area contributed by atoms with E-state index in [-0.39, 0.29) is 18.3 Å². The summed E-state index contributed by atoms with van der Waals surface area (Å²) in [5.74, 6) is -0.191. The average Bonchev–Trinajstić information content (AvgIpc) is 2.58. The molecule has 5 nitrogen and oxygen atoms in total. The van der Waals surface area contributed by atoms with Gasteiger partial charge in [-0.1, -0.05) is 23.7 Å². The number of nitrogens with zero attached hydrogens (tertiary/aromatic N) is 2. The molecule has 6 heteroatoms. The van der Waals surface area contributed by atoms with Gasteiger partial charge in [0.05, 0.1) is 13.5 Å². The highest BCUT2D eigenvalue weighted by molar-refractivity contribution is 6.30. The lowest BCUT2D eigenvalue weighted by Crippen LogP contribution is -2.35. The number of benzene rings is 1. The summed E-state index contributed by atoms with van der Waals surface area (Å²) in [6.07, 6.45) is 3.22. The zero-order chi connectivity index (χ0) is 18.7. The Bertz CT molecular complexity index is 532. The van der Waals surface area contributed by atoms with E-state index in [2.05, 4.69) is 9.64 Å². The van der Waals surface area contributed by atoms with Crippen LogP contribution in [0.3, 0.4) is 0 Å². The molecule has 1 amide bonds. The summed E-state index contributed by atoms with van der Waals surface area (Å²) >= 11 is 5.88. The lowest BCUT2D eigenvalue weighted by Gasteiger charge is -2.23. The molecular formula is C19H29ClN2O3. The third-order valence-corrected chi connectivity index (χ3v) is 4.22. The SMILES string of the molecule is COC(=O)CCN(CCCN(C)C)C(=O)CCCc1ccc(Cl)cc1. The second-order valence-electron chi connectivity index (χ2n) is 6.34. The quantitative estimate of drug-likeness (QED) is 0.563. The third-order valence-electron chi connectivity index (χ3n) is 3.97. The molecule has 0 radical (unpaired) electrons. The molecule has 0 saturated carbocycles. The van der Waals surface area contributed by atoms with Crippen LogP contribution in [0.25, 0.3) is 0 Å². The van der Waals surface area contributed by atoms with Crippen LogP contribution in [0, 0.1) is 0 Å². The van der Waals surface area contributed by atoms with Crippen LogP contribution in [-0.4, -0.2) is 62.5 Å². The minimum absolute atomic E-state index is 0.0941. The second-order valence-corrected chi connectivity index (χ2v) is 6.78. The molecule has 0 heterocycles. The summed E-state index contributed by atoms with van der Waals surface area (Å²) in [6.45, 7) is 1.99. The first-order valence-electron chi connectivity index (χ1n) is 8.66. The summed E-state index contributed by atoms with van der Waals surface area (Å²) in [5, 5.41) is 0.717. The molecule has 0 saturated heterocycles. The van der Waals surface area contributed by atoms with Crippen molar-refractivity contribution in [2.45, 2.75) is 32.1 Å². The van der Waals surface area contributed by atoms with Crippen LogP contribution in [-0.2, 0) is 20.7 Å². The van der Waals surface area contributed by atoms with Crippen molar-refractivity contribution < 1.29 is 14.3 Å². The number of rotatable bonds is 11. The monoisotopic (exact) mass is 368 g/mol. The molecule has 25 heavy (non-hydrogen) atoms. The van der Waals surface area contributed by atoms with E-state index in [1.165, 1.54) is 12.7 Å². The molecule has 1 aromatic carbocycles. The largest absolute Gasteiger partial charge is 0.469 e. The van der Waals surface area contributed by atoms with Crippen molar-refractivity contribution in [1.82, 2.24) is 9.80 Å². The maximum Gasteiger partial charge on any atom is 0.307 e. The van der Waals surface area contributed by atoms with Crippen molar-refractivity contribution in [1.29, 1.82) is 0 Å². The topological polar surface area (TPSA) is 49.9 Å². The first-order chi connectivity index (χ1) is 11.9. The predicted octanol–water partition coefficient (Wildman–Crippen LogP) is 3.01. The molecule has 0 spiro atoms. The number of esters is 1. The Morgan fingerprint density at radius 2 is 1.68 bits per heavy atom. The summed E-state index contributed by atoms with van der Waals surface area (Å²) in [4.78, 5) is 27.7. The van der Waals surface area contributed by atoms with E-state index in [0.29, 0.717) is 19.5 Å². The summed E-state index contributed by atoms with van der Waals surface area (Å²) in [7, 11) is 5.38. The fourth-order valence-electron chi connectivity index (χ4n) is 2.52. The fraction of sp³-hybridized carbons (Fsp3) is 0.579. The number of halogens is 1. The number of carbonyl (C=O) groups excluding carboxylic acids is 2. The molecule has 0 aliphatic carbocycles. The van der Waals surface area contributed by atoms with E-state index in [1.54, 1.807) is 4.90 Å². The molecule has 0 aliphatic rings. The molecule has 0 atom stereocenters. The van der Waals surface area contributed by atoms with Crippen LogP contribution in [0.1, 0.15) is 31.2 Å².